The number of rotatable bonds is 9. The summed E-state index contributed by atoms with van der Waals surface area (Å²) in [6, 6.07) is 0. The van der Waals surface area contributed by atoms with Gasteiger partial charge in [0, 0.05) is 16.5 Å². The van der Waals surface area contributed by atoms with Crippen molar-refractivity contribution in [1.29, 1.82) is 0 Å². The van der Waals surface area contributed by atoms with Gasteiger partial charge in [-0.15, -0.1) is 4.91 Å². The number of carbonyl (C=O) groups is 2. The summed E-state index contributed by atoms with van der Waals surface area (Å²) in [7, 11) is 0. The number of carbonyl (C=O) groups excluding carboxylic acids is 1. The monoisotopic (exact) mass is 263 g/mol. The van der Waals surface area contributed by atoms with Gasteiger partial charge in [0.25, 0.3) is 0 Å². The second kappa shape index (κ2) is 8.05. The number of hydrogen-bond donors (Lipinski definition) is 1. The Hall–Kier alpha value is -1.11. The van der Waals surface area contributed by atoms with Crippen LogP contribution in [0.25, 0.3) is 0 Å². The van der Waals surface area contributed by atoms with E-state index in [1.54, 1.807) is 0 Å². The van der Waals surface area contributed by atoms with Crippen molar-refractivity contribution in [3.8, 4) is 0 Å². The first-order valence-electron chi connectivity index (χ1n) is 5.38. The lowest BCUT2D eigenvalue weighted by Crippen LogP contribution is -2.30. The van der Waals surface area contributed by atoms with Crippen LogP contribution in [0.3, 0.4) is 0 Å². The molecule has 0 heterocycles. The lowest BCUT2D eigenvalue weighted by atomic mass is 10.0. The highest BCUT2D eigenvalue weighted by Crippen LogP contribution is 2.33. The zero-order chi connectivity index (χ0) is 13.3. The number of aliphatic carboxylic acids is 1. The normalized spacial score (nSPS) is 10.9. The van der Waals surface area contributed by atoms with E-state index in [-0.39, 0.29) is 19.4 Å². The number of carboxylic acids is 1. The molecule has 0 bridgehead atoms. The van der Waals surface area contributed by atoms with Crippen molar-refractivity contribution >= 4 is 23.9 Å². The average Bonchev–Trinajstić information content (AvgIpc) is 2.32. The largest absolute Gasteiger partial charge is 0.481 e. The number of nitrogens with zero attached hydrogens (tertiary/aromatic N) is 1. The molecule has 98 valence electrons. The lowest BCUT2D eigenvalue weighted by molar-refractivity contribution is -0.148. The summed E-state index contributed by atoms with van der Waals surface area (Å²) in [5.74, 6) is -1.60. The van der Waals surface area contributed by atoms with Gasteiger partial charge in [0.15, 0.2) is 0 Å². The Balaban J connectivity index is 4.16. The summed E-state index contributed by atoms with van der Waals surface area (Å²) >= 11 is 0.866. The first-order valence-corrected chi connectivity index (χ1v) is 6.15. The van der Waals surface area contributed by atoms with Gasteiger partial charge >= 0.3 is 11.9 Å². The van der Waals surface area contributed by atoms with Gasteiger partial charge in [-0.1, -0.05) is 13.8 Å². The Morgan fingerprint density at radius 3 is 2.29 bits per heavy atom. The predicted octanol–water partition coefficient (Wildman–Crippen LogP) is 2.37. The topological polar surface area (TPSA) is 93.0 Å². The quantitative estimate of drug-likeness (QED) is 0.390. The fraction of sp³-hybridized carbons (Fsp3) is 0.800. The summed E-state index contributed by atoms with van der Waals surface area (Å²) in [4.78, 5) is 31.8. The maximum Gasteiger partial charge on any atom is 0.306 e. The number of carboxylic acid groups (broad SMARTS) is 1. The summed E-state index contributed by atoms with van der Waals surface area (Å²) in [6.45, 7) is 3.84. The molecule has 0 saturated heterocycles. The number of esters is 1. The highest BCUT2D eigenvalue weighted by Gasteiger charge is 2.30. The van der Waals surface area contributed by atoms with Gasteiger partial charge in [-0.05, 0) is 12.8 Å². The first-order chi connectivity index (χ1) is 7.99. The molecule has 7 heteroatoms. The van der Waals surface area contributed by atoms with Gasteiger partial charge in [-0.2, -0.15) is 0 Å². The van der Waals surface area contributed by atoms with Gasteiger partial charge in [-0.3, -0.25) is 9.59 Å². The first kappa shape index (κ1) is 15.9. The smallest absolute Gasteiger partial charge is 0.306 e. The van der Waals surface area contributed by atoms with Crippen LogP contribution in [0.5, 0.6) is 0 Å². The highest BCUT2D eigenvalue weighted by atomic mass is 32.2. The highest BCUT2D eigenvalue weighted by molar-refractivity contribution is 7.99. The van der Waals surface area contributed by atoms with Crippen LogP contribution < -0.4 is 0 Å². The van der Waals surface area contributed by atoms with E-state index in [4.69, 9.17) is 9.84 Å². The fourth-order valence-corrected chi connectivity index (χ4v) is 1.71. The summed E-state index contributed by atoms with van der Waals surface area (Å²) in [5, 5.41) is 8.40. The molecule has 0 rings (SSSR count). The van der Waals surface area contributed by atoms with Crippen molar-refractivity contribution in [2.75, 3.05) is 6.61 Å². The average molecular weight is 263 g/mol. The summed E-state index contributed by atoms with van der Waals surface area (Å²) in [5.41, 5.74) is 0. The molecule has 0 aliphatic heterocycles. The van der Waals surface area contributed by atoms with Gasteiger partial charge < -0.3 is 9.84 Å². The molecular weight excluding hydrogens is 246 g/mol. The minimum Gasteiger partial charge on any atom is -0.481 e. The van der Waals surface area contributed by atoms with Crippen LogP contribution in [0.2, 0.25) is 0 Å². The van der Waals surface area contributed by atoms with E-state index in [2.05, 4.69) is 4.58 Å². The Morgan fingerprint density at radius 2 is 1.88 bits per heavy atom. The molecule has 17 heavy (non-hydrogen) atoms. The van der Waals surface area contributed by atoms with Crippen molar-refractivity contribution in [2.24, 2.45) is 4.58 Å². The predicted molar refractivity (Wildman–Crippen MR) is 64.5 cm³/mol. The van der Waals surface area contributed by atoms with Crippen LogP contribution in [0.15, 0.2) is 4.58 Å². The van der Waals surface area contributed by atoms with E-state index in [9.17, 15) is 14.5 Å². The SMILES string of the molecule is CCC(CC)(COC(=O)CCC(=O)O)SN=O. The van der Waals surface area contributed by atoms with Crippen molar-refractivity contribution in [3.05, 3.63) is 4.91 Å². The maximum atomic E-state index is 11.2. The zero-order valence-electron chi connectivity index (χ0n) is 9.97. The summed E-state index contributed by atoms with van der Waals surface area (Å²) < 4.78 is 7.25. The number of ether oxygens (including phenoxy) is 1. The van der Waals surface area contributed by atoms with Crippen molar-refractivity contribution < 1.29 is 19.4 Å². The molecule has 1 N–H and O–H groups in total. The second-order valence-corrected chi connectivity index (χ2v) is 4.81. The van der Waals surface area contributed by atoms with E-state index in [0.717, 1.165) is 11.9 Å². The van der Waals surface area contributed by atoms with E-state index in [1.165, 1.54) is 0 Å². The molecule has 0 aromatic carbocycles. The van der Waals surface area contributed by atoms with Gasteiger partial charge in [0.2, 0.25) is 0 Å². The molecule has 0 spiro atoms. The van der Waals surface area contributed by atoms with E-state index < -0.39 is 16.7 Å². The lowest BCUT2D eigenvalue weighted by Gasteiger charge is -2.26. The molecule has 6 nitrogen and oxygen atoms in total. The maximum absolute atomic E-state index is 11.2. The molecule has 0 unspecified atom stereocenters. The van der Waals surface area contributed by atoms with Crippen LogP contribution in [0, 0.1) is 4.91 Å². The van der Waals surface area contributed by atoms with Crippen LogP contribution in [-0.4, -0.2) is 28.4 Å². The molecule has 0 aromatic heterocycles. The van der Waals surface area contributed by atoms with E-state index >= 15 is 0 Å². The Bertz CT molecular complexity index is 278. The third-order valence-corrected chi connectivity index (χ3v) is 3.72. The molecule has 0 atom stereocenters. The van der Waals surface area contributed by atoms with E-state index in [1.807, 2.05) is 13.8 Å². The number of nitroso groups, excluding NO2 is 1. The molecular formula is C10H17NO5S. The Labute approximate surface area is 104 Å². The Morgan fingerprint density at radius 1 is 1.29 bits per heavy atom. The fourth-order valence-electron chi connectivity index (χ4n) is 1.18. The molecule has 0 aromatic rings. The van der Waals surface area contributed by atoms with Gasteiger partial charge in [-0.25, -0.2) is 0 Å². The number of hydrogen-bond acceptors (Lipinski definition) is 6. The van der Waals surface area contributed by atoms with Crippen LogP contribution >= 0.6 is 11.9 Å². The second-order valence-electron chi connectivity index (χ2n) is 3.61. The zero-order valence-corrected chi connectivity index (χ0v) is 10.8. The van der Waals surface area contributed by atoms with Crippen molar-refractivity contribution in [3.63, 3.8) is 0 Å². The van der Waals surface area contributed by atoms with Gasteiger partial charge in [0.1, 0.15) is 6.61 Å². The van der Waals surface area contributed by atoms with Gasteiger partial charge in [0.05, 0.1) is 17.6 Å². The van der Waals surface area contributed by atoms with Crippen molar-refractivity contribution in [2.45, 2.75) is 44.3 Å². The minimum atomic E-state index is -1.04. The van der Waals surface area contributed by atoms with Crippen molar-refractivity contribution in [1.82, 2.24) is 0 Å². The van der Waals surface area contributed by atoms with E-state index in [0.29, 0.717) is 12.8 Å². The minimum absolute atomic E-state index is 0.0782. The summed E-state index contributed by atoms with van der Waals surface area (Å²) in [6.07, 6.45) is 0.888. The molecule has 0 amide bonds. The molecule has 0 aliphatic carbocycles. The third-order valence-electron chi connectivity index (χ3n) is 2.56. The molecule has 0 fully saturated rings. The molecule has 0 radical (unpaired) electrons. The van der Waals surface area contributed by atoms with Crippen LogP contribution in [-0.2, 0) is 14.3 Å². The van der Waals surface area contributed by atoms with Crippen LogP contribution in [0.4, 0.5) is 0 Å². The third kappa shape index (κ3) is 6.25. The van der Waals surface area contributed by atoms with Crippen LogP contribution in [0.1, 0.15) is 39.5 Å². The molecule has 0 saturated carbocycles. The molecule has 0 aliphatic rings. The standard InChI is InChI=1S/C10H17NO5S/c1-3-10(4-2,17-11-15)7-16-9(14)6-5-8(12)13/h3-7H2,1-2H3,(H,12,13). The Kier molecular flexibility index (Phi) is 7.53.